The third kappa shape index (κ3) is 14.8. The monoisotopic (exact) mass is 967 g/mol. The van der Waals surface area contributed by atoms with Crippen molar-refractivity contribution in [1.29, 1.82) is 0 Å². The first-order valence-corrected chi connectivity index (χ1v) is 19.9. The fourth-order valence-electron chi connectivity index (χ4n) is 4.47. The molecular formula is C34H57N21O7S3. The average Bonchev–Trinajstić information content (AvgIpc) is 3.91. The van der Waals surface area contributed by atoms with Crippen molar-refractivity contribution in [3.8, 4) is 0 Å². The van der Waals surface area contributed by atoms with E-state index in [1.54, 1.807) is 60.1 Å². The van der Waals surface area contributed by atoms with Crippen LogP contribution in [0.2, 0.25) is 0 Å². The van der Waals surface area contributed by atoms with E-state index in [0.29, 0.717) is 0 Å². The standard InChI is InChI=1S/C5H9N3O2.2C5H7N3O2.C5H9N3O.2C5H9N3S.C4H7N3S/c1-6-4(9)7(2)8(3)5(6)10;2*1-7-4(9)3-6-8(2)5(7)10;3*1-4-6-8(3)5(9)7(4)2;1-6-3-5-7(2)4(6)8/h1-3H3;2*3H,1-2H3;3*1-3H3;3H,1-2H3. The van der Waals surface area contributed by atoms with Crippen molar-refractivity contribution in [2.45, 2.75) is 20.8 Å². The lowest BCUT2D eigenvalue weighted by molar-refractivity contribution is 0.565. The average molecular weight is 968 g/mol. The molecule has 7 aromatic heterocycles. The first kappa shape index (κ1) is 56.0. The number of aryl methyl sites for hydroxylation is 10. The molecule has 0 aromatic carbocycles. The van der Waals surface area contributed by atoms with Gasteiger partial charge in [0.05, 0.1) is 0 Å². The molecule has 0 aliphatic heterocycles. The van der Waals surface area contributed by atoms with Gasteiger partial charge in [0.15, 0.2) is 14.3 Å². The van der Waals surface area contributed by atoms with E-state index in [1.807, 2.05) is 65.3 Å². The molecular weight excluding hydrogens is 911 g/mol. The lowest BCUT2D eigenvalue weighted by atomic mass is 10.7. The van der Waals surface area contributed by atoms with Gasteiger partial charge in [0.25, 0.3) is 11.1 Å². The summed E-state index contributed by atoms with van der Waals surface area (Å²) in [6.07, 6.45) is 3.88. The van der Waals surface area contributed by atoms with Gasteiger partial charge in [0, 0.05) is 106 Å². The van der Waals surface area contributed by atoms with Crippen molar-refractivity contribution in [1.82, 2.24) is 100 Å². The summed E-state index contributed by atoms with van der Waals surface area (Å²) in [4.78, 5) is 75.7. The maximum atomic E-state index is 10.9. The highest BCUT2D eigenvalue weighted by atomic mass is 32.1. The molecule has 0 atom stereocenters. The van der Waals surface area contributed by atoms with Gasteiger partial charge in [0.2, 0.25) is 0 Å². The zero-order valence-corrected chi connectivity index (χ0v) is 42.2. The van der Waals surface area contributed by atoms with Gasteiger partial charge >= 0.3 is 28.4 Å². The number of hydrogen-bond acceptors (Lipinski definition) is 16. The van der Waals surface area contributed by atoms with Crippen LogP contribution in [-0.2, 0) is 106 Å². The Kier molecular flexibility index (Phi) is 20.8. The molecule has 7 heterocycles. The van der Waals surface area contributed by atoms with Crippen LogP contribution in [-0.4, -0.2) is 100 Å². The van der Waals surface area contributed by atoms with E-state index in [2.05, 4.69) is 30.6 Å². The molecule has 28 nitrogen and oxygen atoms in total. The van der Waals surface area contributed by atoms with Gasteiger partial charge in [-0.15, -0.1) is 0 Å². The Morgan fingerprint density at radius 1 is 0.354 bits per heavy atom. The number of hydrogen-bond donors (Lipinski definition) is 0. The van der Waals surface area contributed by atoms with Crippen LogP contribution >= 0.6 is 36.7 Å². The highest BCUT2D eigenvalue weighted by Crippen LogP contribution is 1.93. The molecule has 358 valence electrons. The smallest absolute Gasteiger partial charge is 0.310 e. The van der Waals surface area contributed by atoms with Crippen LogP contribution in [0.25, 0.3) is 0 Å². The van der Waals surface area contributed by atoms with E-state index in [4.69, 9.17) is 36.7 Å². The van der Waals surface area contributed by atoms with E-state index < -0.39 is 11.4 Å². The van der Waals surface area contributed by atoms with Gasteiger partial charge in [-0.05, 0) is 57.4 Å². The molecule has 0 aliphatic rings. The van der Waals surface area contributed by atoms with Crippen LogP contribution in [0.1, 0.15) is 17.5 Å². The molecule has 0 spiro atoms. The van der Waals surface area contributed by atoms with E-state index in [-0.39, 0.29) is 28.2 Å². The predicted molar refractivity (Wildman–Crippen MR) is 247 cm³/mol. The van der Waals surface area contributed by atoms with E-state index in [1.165, 1.54) is 53.9 Å². The molecule has 0 fully saturated rings. The van der Waals surface area contributed by atoms with Crippen LogP contribution in [0.3, 0.4) is 0 Å². The third-order valence-electron chi connectivity index (χ3n) is 9.06. The molecule has 0 N–H and O–H groups in total. The summed E-state index contributed by atoms with van der Waals surface area (Å²) in [7, 11) is 24.9. The zero-order valence-electron chi connectivity index (χ0n) is 39.7. The molecule has 0 aliphatic carbocycles. The summed E-state index contributed by atoms with van der Waals surface area (Å²) in [5.74, 6) is 2.63. The normalized spacial score (nSPS) is 10.0. The third-order valence-corrected chi connectivity index (χ3v) is 10.7. The maximum Gasteiger partial charge on any atom is 0.346 e. The summed E-state index contributed by atoms with van der Waals surface area (Å²) in [5, 5.41) is 23.0. The van der Waals surface area contributed by atoms with Gasteiger partial charge in [-0.1, -0.05) is 0 Å². The molecule has 0 radical (unpaired) electrons. The van der Waals surface area contributed by atoms with E-state index >= 15 is 0 Å². The van der Waals surface area contributed by atoms with Crippen molar-refractivity contribution in [3.05, 3.63) is 124 Å². The topological polar surface area (TPSA) is 271 Å². The minimum atomic E-state index is -0.410. The highest BCUT2D eigenvalue weighted by Gasteiger charge is 2.04. The predicted octanol–water partition coefficient (Wildman–Crippen LogP) is -3.11. The minimum absolute atomic E-state index is 0.0764. The molecule has 0 saturated heterocycles. The van der Waals surface area contributed by atoms with Crippen LogP contribution in [0.4, 0.5) is 0 Å². The van der Waals surface area contributed by atoms with Gasteiger partial charge in [0.1, 0.15) is 36.2 Å². The number of aromatic nitrogens is 21. The summed E-state index contributed by atoms with van der Waals surface area (Å²) < 4.78 is 23.4. The van der Waals surface area contributed by atoms with Crippen molar-refractivity contribution < 1.29 is 0 Å². The molecule has 31 heteroatoms. The van der Waals surface area contributed by atoms with Crippen molar-refractivity contribution in [2.24, 2.45) is 106 Å². The van der Waals surface area contributed by atoms with Crippen molar-refractivity contribution >= 4 is 36.7 Å². The van der Waals surface area contributed by atoms with Gasteiger partial charge in [-0.2, -0.15) is 30.6 Å². The quantitative estimate of drug-likeness (QED) is 0.136. The van der Waals surface area contributed by atoms with Gasteiger partial charge in [-0.25, -0.2) is 66.0 Å². The van der Waals surface area contributed by atoms with Crippen LogP contribution in [0.15, 0.2) is 52.3 Å². The molecule has 0 saturated carbocycles. The van der Waals surface area contributed by atoms with Crippen molar-refractivity contribution in [2.75, 3.05) is 0 Å². The Balaban J connectivity index is 0.000000380. The molecule has 7 aromatic rings. The zero-order chi connectivity index (χ0) is 50.5. The second kappa shape index (κ2) is 24.2. The summed E-state index contributed by atoms with van der Waals surface area (Å²) >= 11 is 14.8. The Morgan fingerprint density at radius 2 is 0.677 bits per heavy atom. The summed E-state index contributed by atoms with van der Waals surface area (Å²) in [6.45, 7) is 5.65. The Hall–Kier alpha value is -7.02. The Morgan fingerprint density at radius 3 is 0.815 bits per heavy atom. The second-order valence-corrected chi connectivity index (χ2v) is 14.8. The molecule has 7 rings (SSSR count). The Bertz CT molecular complexity index is 3080. The first-order valence-electron chi connectivity index (χ1n) is 18.6. The lowest BCUT2D eigenvalue weighted by Gasteiger charge is -1.96. The summed E-state index contributed by atoms with van der Waals surface area (Å²) in [5.41, 5.74) is -2.27. The van der Waals surface area contributed by atoms with Gasteiger partial charge < -0.3 is 13.7 Å². The second-order valence-electron chi connectivity index (χ2n) is 13.8. The van der Waals surface area contributed by atoms with E-state index in [9.17, 15) is 33.6 Å². The fraction of sp³-hybridized carbons (Fsp3) is 0.529. The highest BCUT2D eigenvalue weighted by molar-refractivity contribution is 7.71. The number of nitrogens with zero attached hydrogens (tertiary/aromatic N) is 21. The largest absolute Gasteiger partial charge is 0.346 e. The molecule has 0 unspecified atom stereocenters. The van der Waals surface area contributed by atoms with Crippen molar-refractivity contribution in [3.63, 3.8) is 0 Å². The van der Waals surface area contributed by atoms with E-state index in [0.717, 1.165) is 67.2 Å². The number of rotatable bonds is 0. The fourth-order valence-corrected chi connectivity index (χ4v) is 4.91. The van der Waals surface area contributed by atoms with Crippen LogP contribution in [0.5, 0.6) is 0 Å². The van der Waals surface area contributed by atoms with Crippen LogP contribution < -0.4 is 39.6 Å². The molecule has 0 amide bonds. The van der Waals surface area contributed by atoms with Gasteiger partial charge in [-0.3, -0.25) is 23.3 Å². The molecule has 0 bridgehead atoms. The van der Waals surface area contributed by atoms with Crippen LogP contribution in [0, 0.1) is 35.1 Å². The summed E-state index contributed by atoms with van der Waals surface area (Å²) in [6, 6.07) is 0. The first-order chi connectivity index (χ1) is 29.9. The maximum absolute atomic E-state index is 10.9. The SMILES string of the molecule is Cc1nn(C)c(=O)n1C.Cc1nn(C)c(=S)n1C.Cc1nn(C)c(=S)n1C.Cn1c(=O)n(C)n(C)c1=O.Cn1cnn(C)c1=S.Cn1ncc(=O)n(C)c1=O.Cn1ncc(=O)n(C)c1=O. The Labute approximate surface area is 385 Å². The molecule has 65 heavy (non-hydrogen) atoms. The lowest BCUT2D eigenvalue weighted by Crippen LogP contribution is -2.37. The minimum Gasteiger partial charge on any atom is -0.310 e.